The van der Waals surface area contributed by atoms with Crippen LogP contribution in [-0.4, -0.2) is 20.7 Å². The molecule has 140 valence electrons. The van der Waals surface area contributed by atoms with E-state index in [-0.39, 0.29) is 5.91 Å². The van der Waals surface area contributed by atoms with Gasteiger partial charge < -0.3 is 5.32 Å². The van der Waals surface area contributed by atoms with Gasteiger partial charge in [-0.15, -0.1) is 0 Å². The first kappa shape index (κ1) is 18.2. The van der Waals surface area contributed by atoms with Gasteiger partial charge in [0.2, 0.25) is 0 Å². The second-order valence-corrected chi connectivity index (χ2v) is 7.17. The molecule has 0 spiro atoms. The maximum absolute atomic E-state index is 12.8. The quantitative estimate of drug-likeness (QED) is 0.519. The molecule has 0 bridgehead atoms. The van der Waals surface area contributed by atoms with Gasteiger partial charge in [-0.3, -0.25) is 4.79 Å². The number of aryl methyl sites for hydroxylation is 3. The summed E-state index contributed by atoms with van der Waals surface area (Å²) >= 11 is 6.62. The van der Waals surface area contributed by atoms with Crippen molar-refractivity contribution in [3.05, 3.63) is 82.1 Å². The molecule has 2 heterocycles. The lowest BCUT2D eigenvalue weighted by Crippen LogP contribution is -2.14. The first-order valence-corrected chi connectivity index (χ1v) is 9.31. The highest BCUT2D eigenvalue weighted by molar-refractivity contribution is 6.39. The summed E-state index contributed by atoms with van der Waals surface area (Å²) < 4.78 is 1.74. The summed E-state index contributed by atoms with van der Waals surface area (Å²) in [5, 5.41) is 8.53. The van der Waals surface area contributed by atoms with Gasteiger partial charge in [-0.05, 0) is 44.5 Å². The summed E-state index contributed by atoms with van der Waals surface area (Å²) in [5.74, 6) is -0.293. The molecule has 0 aliphatic carbocycles. The van der Waals surface area contributed by atoms with Crippen molar-refractivity contribution < 1.29 is 4.79 Å². The molecule has 5 nitrogen and oxygen atoms in total. The summed E-state index contributed by atoms with van der Waals surface area (Å²) in [4.78, 5) is 17.3. The standard InChI is InChI=1S/C22H19ClN4O/c1-13-9-10-18(14(2)11-13)25-22(28)17-12-24-21-19(20(17)23)15(3)26-27(21)16-7-5-4-6-8-16/h4-12H,1-3H3,(H,25,28). The van der Waals surface area contributed by atoms with Gasteiger partial charge in [0.05, 0.1) is 27.4 Å². The average molecular weight is 391 g/mol. The van der Waals surface area contributed by atoms with Crippen LogP contribution in [0.25, 0.3) is 16.7 Å². The first-order valence-electron chi connectivity index (χ1n) is 8.93. The van der Waals surface area contributed by atoms with Crippen LogP contribution in [0, 0.1) is 20.8 Å². The van der Waals surface area contributed by atoms with Crippen LogP contribution < -0.4 is 5.32 Å². The van der Waals surface area contributed by atoms with Crippen LogP contribution in [0.5, 0.6) is 0 Å². The second-order valence-electron chi connectivity index (χ2n) is 6.79. The lowest BCUT2D eigenvalue weighted by Gasteiger charge is -2.10. The van der Waals surface area contributed by atoms with Gasteiger partial charge in [-0.2, -0.15) is 5.10 Å². The topological polar surface area (TPSA) is 59.8 Å². The molecule has 6 heteroatoms. The molecule has 0 unspecified atom stereocenters. The number of benzene rings is 2. The largest absolute Gasteiger partial charge is 0.322 e. The molecule has 2 aromatic heterocycles. The van der Waals surface area contributed by atoms with Crippen molar-refractivity contribution >= 4 is 34.2 Å². The number of para-hydroxylation sites is 1. The Morgan fingerprint density at radius 1 is 1.07 bits per heavy atom. The maximum atomic E-state index is 12.8. The minimum atomic E-state index is -0.293. The van der Waals surface area contributed by atoms with E-state index in [9.17, 15) is 4.79 Å². The normalized spacial score (nSPS) is 11.0. The number of hydrogen-bond acceptors (Lipinski definition) is 3. The zero-order chi connectivity index (χ0) is 19.8. The van der Waals surface area contributed by atoms with Crippen molar-refractivity contribution in [2.24, 2.45) is 0 Å². The van der Waals surface area contributed by atoms with E-state index in [4.69, 9.17) is 11.6 Å². The summed E-state index contributed by atoms with van der Waals surface area (Å²) in [7, 11) is 0. The van der Waals surface area contributed by atoms with Crippen LogP contribution in [0.2, 0.25) is 5.02 Å². The van der Waals surface area contributed by atoms with E-state index in [1.165, 1.54) is 6.20 Å². The molecule has 28 heavy (non-hydrogen) atoms. The van der Waals surface area contributed by atoms with Crippen LogP contribution >= 0.6 is 11.6 Å². The van der Waals surface area contributed by atoms with Crippen molar-refractivity contribution in [3.63, 3.8) is 0 Å². The number of hydrogen-bond donors (Lipinski definition) is 1. The second kappa shape index (κ2) is 7.09. The van der Waals surface area contributed by atoms with Gasteiger partial charge in [-0.1, -0.05) is 47.5 Å². The molecule has 4 rings (SSSR count). The molecule has 0 aliphatic heterocycles. The van der Waals surface area contributed by atoms with Crippen LogP contribution in [0.4, 0.5) is 5.69 Å². The molecule has 0 radical (unpaired) electrons. The zero-order valence-electron chi connectivity index (χ0n) is 15.8. The van der Waals surface area contributed by atoms with Gasteiger partial charge in [-0.25, -0.2) is 9.67 Å². The fraction of sp³-hybridized carbons (Fsp3) is 0.136. The van der Waals surface area contributed by atoms with Gasteiger partial charge in [0.1, 0.15) is 0 Å². The molecule has 4 aromatic rings. The molecular weight excluding hydrogens is 372 g/mol. The molecule has 0 atom stereocenters. The highest BCUT2D eigenvalue weighted by Gasteiger charge is 2.20. The van der Waals surface area contributed by atoms with Crippen molar-refractivity contribution in [1.82, 2.24) is 14.8 Å². The van der Waals surface area contributed by atoms with Gasteiger partial charge in [0, 0.05) is 11.9 Å². The van der Waals surface area contributed by atoms with Crippen molar-refractivity contribution in [2.45, 2.75) is 20.8 Å². The van der Waals surface area contributed by atoms with E-state index < -0.39 is 0 Å². The predicted octanol–water partition coefficient (Wildman–Crippen LogP) is 5.25. The molecule has 0 saturated heterocycles. The Labute approximate surface area is 168 Å². The van der Waals surface area contributed by atoms with Gasteiger partial charge in [0.15, 0.2) is 5.65 Å². The van der Waals surface area contributed by atoms with E-state index in [1.807, 2.05) is 69.3 Å². The van der Waals surface area contributed by atoms with Crippen molar-refractivity contribution in [2.75, 3.05) is 5.32 Å². The summed E-state index contributed by atoms with van der Waals surface area (Å²) in [5.41, 5.74) is 5.44. The van der Waals surface area contributed by atoms with E-state index in [2.05, 4.69) is 15.4 Å². The van der Waals surface area contributed by atoms with Crippen LogP contribution in [-0.2, 0) is 0 Å². The molecule has 0 fully saturated rings. The predicted molar refractivity (Wildman–Crippen MR) is 112 cm³/mol. The minimum absolute atomic E-state index is 0.293. The number of pyridine rings is 1. The molecule has 2 aromatic carbocycles. The van der Waals surface area contributed by atoms with Crippen LogP contribution in [0.3, 0.4) is 0 Å². The Morgan fingerprint density at radius 2 is 1.82 bits per heavy atom. The third-order valence-electron chi connectivity index (χ3n) is 4.68. The summed E-state index contributed by atoms with van der Waals surface area (Å²) in [6.07, 6.45) is 1.50. The zero-order valence-corrected chi connectivity index (χ0v) is 16.6. The third kappa shape index (κ3) is 3.14. The summed E-state index contributed by atoms with van der Waals surface area (Å²) in [6.45, 7) is 5.83. The Bertz CT molecular complexity index is 1200. The third-order valence-corrected chi connectivity index (χ3v) is 5.08. The van der Waals surface area contributed by atoms with E-state index in [0.29, 0.717) is 21.6 Å². The number of fused-ring (bicyclic) bond motifs is 1. The lowest BCUT2D eigenvalue weighted by molar-refractivity contribution is 0.102. The highest BCUT2D eigenvalue weighted by atomic mass is 35.5. The van der Waals surface area contributed by atoms with Gasteiger partial charge >= 0.3 is 0 Å². The number of halogens is 1. The Kier molecular flexibility index (Phi) is 4.61. The van der Waals surface area contributed by atoms with E-state index in [0.717, 1.165) is 28.2 Å². The van der Waals surface area contributed by atoms with Crippen LogP contribution in [0.1, 0.15) is 27.2 Å². The molecule has 0 saturated carbocycles. The highest BCUT2D eigenvalue weighted by Crippen LogP contribution is 2.30. The number of nitrogens with zero attached hydrogens (tertiary/aromatic N) is 3. The Balaban J connectivity index is 1.76. The monoisotopic (exact) mass is 390 g/mol. The summed E-state index contributed by atoms with van der Waals surface area (Å²) in [6, 6.07) is 15.6. The average Bonchev–Trinajstić information content (AvgIpc) is 3.02. The van der Waals surface area contributed by atoms with Gasteiger partial charge in [0.25, 0.3) is 5.91 Å². The van der Waals surface area contributed by atoms with Crippen molar-refractivity contribution in [1.29, 1.82) is 0 Å². The maximum Gasteiger partial charge on any atom is 0.258 e. The number of rotatable bonds is 3. The van der Waals surface area contributed by atoms with E-state index in [1.54, 1.807) is 4.68 Å². The van der Waals surface area contributed by atoms with Crippen LogP contribution in [0.15, 0.2) is 54.7 Å². The number of anilines is 1. The SMILES string of the molecule is Cc1ccc(NC(=O)c2cnc3c(c(C)nn3-c3ccccc3)c2Cl)c(C)c1. The van der Waals surface area contributed by atoms with Crippen molar-refractivity contribution in [3.8, 4) is 5.69 Å². The number of carbonyl (C=O) groups is 1. The molecular formula is C22H19ClN4O. The Morgan fingerprint density at radius 3 is 2.54 bits per heavy atom. The molecule has 1 amide bonds. The molecule has 1 N–H and O–H groups in total. The Hall–Kier alpha value is -3.18. The number of nitrogens with one attached hydrogen (secondary N) is 1. The number of carbonyl (C=O) groups excluding carboxylic acids is 1. The first-order chi connectivity index (χ1) is 13.5. The molecule has 0 aliphatic rings. The fourth-order valence-electron chi connectivity index (χ4n) is 3.26. The fourth-order valence-corrected chi connectivity index (χ4v) is 3.62. The number of amides is 1. The lowest BCUT2D eigenvalue weighted by atomic mass is 10.1. The number of aromatic nitrogens is 3. The van der Waals surface area contributed by atoms with E-state index >= 15 is 0 Å². The smallest absolute Gasteiger partial charge is 0.258 e. The minimum Gasteiger partial charge on any atom is -0.322 e.